The van der Waals surface area contributed by atoms with E-state index in [0.717, 1.165) is 17.1 Å². The summed E-state index contributed by atoms with van der Waals surface area (Å²) in [6.07, 6.45) is 5.52. The Labute approximate surface area is 98.1 Å². The Bertz CT molecular complexity index is 460. The lowest BCUT2D eigenvalue weighted by Gasteiger charge is -2.05. The summed E-state index contributed by atoms with van der Waals surface area (Å²) in [4.78, 5) is 17.0. The second kappa shape index (κ2) is 4.76. The van der Waals surface area contributed by atoms with E-state index >= 15 is 0 Å². The number of fused-ring (bicyclic) bond motifs is 1. The van der Waals surface area contributed by atoms with Crippen LogP contribution in [-0.2, 0) is 11.2 Å². The molecule has 2 rings (SSSR count). The quantitative estimate of drug-likeness (QED) is 0.860. The van der Waals surface area contributed by atoms with Gasteiger partial charge in [-0.2, -0.15) is 0 Å². The second-order valence-corrected chi connectivity index (χ2v) is 4.79. The number of carbonyl (C=O) groups excluding carboxylic acids is 1. The fraction of sp³-hybridized carbons (Fsp3) is 0.455. The molecule has 0 aliphatic heterocycles. The molecule has 0 aromatic carbocycles. The Kier molecular flexibility index (Phi) is 3.36. The molecule has 2 N–H and O–H groups in total. The number of aromatic nitrogens is 2. The maximum Gasteiger partial charge on any atom is 0.193 e. The third-order valence-corrected chi connectivity index (χ3v) is 3.31. The van der Waals surface area contributed by atoms with Crippen molar-refractivity contribution in [2.24, 2.45) is 5.73 Å². The average Bonchev–Trinajstić information content (AvgIpc) is 2.77. The van der Waals surface area contributed by atoms with Crippen LogP contribution in [-0.4, -0.2) is 21.2 Å². The number of rotatable bonds is 5. The predicted molar refractivity (Wildman–Crippen MR) is 64.7 cm³/mol. The van der Waals surface area contributed by atoms with Gasteiger partial charge in [0.1, 0.15) is 5.78 Å². The Morgan fingerprint density at radius 1 is 1.69 bits per heavy atom. The molecule has 0 aliphatic rings. The first-order valence-electron chi connectivity index (χ1n) is 5.37. The zero-order valence-corrected chi connectivity index (χ0v) is 10.0. The molecule has 0 saturated heterocycles. The Hall–Kier alpha value is -1.20. The van der Waals surface area contributed by atoms with E-state index in [4.69, 9.17) is 5.73 Å². The number of carbonyl (C=O) groups is 1. The number of nitrogens with two attached hydrogens (primary N) is 1. The lowest BCUT2D eigenvalue weighted by atomic mass is 10.1. The highest BCUT2D eigenvalue weighted by atomic mass is 32.1. The highest BCUT2D eigenvalue weighted by molar-refractivity contribution is 7.15. The smallest absolute Gasteiger partial charge is 0.193 e. The van der Waals surface area contributed by atoms with Gasteiger partial charge in [0.05, 0.1) is 12.1 Å². The lowest BCUT2D eigenvalue weighted by Crippen LogP contribution is -2.23. The summed E-state index contributed by atoms with van der Waals surface area (Å²) in [6.45, 7) is 1.99. The Balaban J connectivity index is 1.99. The summed E-state index contributed by atoms with van der Waals surface area (Å²) in [7, 11) is 0. The van der Waals surface area contributed by atoms with Crippen LogP contribution in [0.5, 0.6) is 0 Å². The molecule has 2 aromatic heterocycles. The standard InChI is InChI=1S/C11H15N3OS/c1-2-8(12)5-10(15)6-9-7-14-3-4-16-11(14)13-9/h3-4,7-8H,2,5-6,12H2,1H3. The number of thiazole rings is 1. The minimum Gasteiger partial charge on any atom is -0.327 e. The molecule has 2 heterocycles. The number of imidazole rings is 1. The topological polar surface area (TPSA) is 60.4 Å². The van der Waals surface area contributed by atoms with Crippen LogP contribution in [0, 0.1) is 0 Å². The van der Waals surface area contributed by atoms with Crippen LogP contribution in [0.25, 0.3) is 4.96 Å². The van der Waals surface area contributed by atoms with E-state index in [0.29, 0.717) is 12.8 Å². The molecule has 0 saturated carbocycles. The number of hydrogen-bond acceptors (Lipinski definition) is 4. The van der Waals surface area contributed by atoms with E-state index in [-0.39, 0.29) is 11.8 Å². The largest absolute Gasteiger partial charge is 0.327 e. The third-order valence-electron chi connectivity index (χ3n) is 2.54. The van der Waals surface area contributed by atoms with Crippen molar-refractivity contribution in [1.29, 1.82) is 0 Å². The highest BCUT2D eigenvalue weighted by Crippen LogP contribution is 2.12. The molecule has 16 heavy (non-hydrogen) atoms. The van der Waals surface area contributed by atoms with Gasteiger partial charge in [-0.05, 0) is 6.42 Å². The van der Waals surface area contributed by atoms with Gasteiger partial charge >= 0.3 is 0 Å². The molecule has 0 fully saturated rings. The molecule has 0 spiro atoms. The molecular formula is C11H15N3OS. The molecule has 0 radical (unpaired) electrons. The number of ketones is 1. The maximum atomic E-state index is 11.7. The van der Waals surface area contributed by atoms with E-state index < -0.39 is 0 Å². The fourth-order valence-corrected chi connectivity index (χ4v) is 2.29. The highest BCUT2D eigenvalue weighted by Gasteiger charge is 2.11. The van der Waals surface area contributed by atoms with Gasteiger partial charge in [-0.3, -0.25) is 9.20 Å². The van der Waals surface area contributed by atoms with Gasteiger partial charge in [0, 0.05) is 30.2 Å². The van der Waals surface area contributed by atoms with Gasteiger partial charge in [-0.25, -0.2) is 4.98 Å². The van der Waals surface area contributed by atoms with Crippen molar-refractivity contribution in [2.45, 2.75) is 32.2 Å². The first-order valence-corrected chi connectivity index (χ1v) is 6.25. The molecule has 86 valence electrons. The van der Waals surface area contributed by atoms with Crippen LogP contribution in [0.4, 0.5) is 0 Å². The van der Waals surface area contributed by atoms with Crippen molar-refractivity contribution >= 4 is 22.1 Å². The van der Waals surface area contributed by atoms with Gasteiger partial charge < -0.3 is 5.73 Å². The molecule has 1 unspecified atom stereocenters. The maximum absolute atomic E-state index is 11.7. The van der Waals surface area contributed by atoms with Gasteiger partial charge in [0.15, 0.2) is 4.96 Å². The van der Waals surface area contributed by atoms with E-state index in [1.54, 1.807) is 11.3 Å². The van der Waals surface area contributed by atoms with E-state index in [9.17, 15) is 4.79 Å². The molecule has 2 aromatic rings. The molecule has 4 nitrogen and oxygen atoms in total. The van der Waals surface area contributed by atoms with Crippen LogP contribution in [0.2, 0.25) is 0 Å². The summed E-state index contributed by atoms with van der Waals surface area (Å²) in [5.74, 6) is 0.167. The van der Waals surface area contributed by atoms with Crippen molar-refractivity contribution in [3.63, 3.8) is 0 Å². The van der Waals surface area contributed by atoms with E-state index in [1.807, 2.05) is 29.1 Å². The molecular weight excluding hydrogens is 222 g/mol. The third kappa shape index (κ3) is 2.48. The zero-order valence-electron chi connectivity index (χ0n) is 9.22. The van der Waals surface area contributed by atoms with Crippen molar-refractivity contribution in [3.8, 4) is 0 Å². The van der Waals surface area contributed by atoms with Crippen LogP contribution in [0.15, 0.2) is 17.8 Å². The Morgan fingerprint density at radius 2 is 2.50 bits per heavy atom. The number of Topliss-reactive ketones (excluding diaryl/α,β-unsaturated/α-hetero) is 1. The van der Waals surface area contributed by atoms with Crippen molar-refractivity contribution in [3.05, 3.63) is 23.5 Å². The molecule has 5 heteroatoms. The molecule has 1 atom stereocenters. The van der Waals surface area contributed by atoms with Crippen LogP contribution in [0.3, 0.4) is 0 Å². The second-order valence-electron chi connectivity index (χ2n) is 3.91. The first-order chi connectivity index (χ1) is 7.69. The van der Waals surface area contributed by atoms with Gasteiger partial charge in [0.2, 0.25) is 0 Å². The van der Waals surface area contributed by atoms with Crippen LogP contribution in [0.1, 0.15) is 25.5 Å². The van der Waals surface area contributed by atoms with Crippen molar-refractivity contribution < 1.29 is 4.79 Å². The van der Waals surface area contributed by atoms with Crippen molar-refractivity contribution in [1.82, 2.24) is 9.38 Å². The van der Waals surface area contributed by atoms with E-state index in [2.05, 4.69) is 4.98 Å². The predicted octanol–water partition coefficient (Wildman–Crippen LogP) is 1.63. The summed E-state index contributed by atoms with van der Waals surface area (Å²) >= 11 is 1.57. The van der Waals surface area contributed by atoms with Crippen LogP contribution >= 0.6 is 11.3 Å². The number of hydrogen-bond donors (Lipinski definition) is 1. The minimum atomic E-state index is -0.0174. The summed E-state index contributed by atoms with van der Waals surface area (Å²) in [6, 6.07) is -0.0174. The van der Waals surface area contributed by atoms with Gasteiger partial charge in [0.25, 0.3) is 0 Å². The average molecular weight is 237 g/mol. The van der Waals surface area contributed by atoms with Crippen LogP contribution < -0.4 is 5.73 Å². The fourth-order valence-electron chi connectivity index (χ4n) is 1.57. The Morgan fingerprint density at radius 3 is 3.19 bits per heavy atom. The van der Waals surface area contributed by atoms with Gasteiger partial charge in [-0.15, -0.1) is 11.3 Å². The summed E-state index contributed by atoms with van der Waals surface area (Å²) in [5.41, 5.74) is 6.57. The van der Waals surface area contributed by atoms with Gasteiger partial charge in [-0.1, -0.05) is 6.92 Å². The normalized spacial score (nSPS) is 13.1. The molecule has 0 bridgehead atoms. The SMILES string of the molecule is CCC(N)CC(=O)Cc1cn2ccsc2n1. The summed E-state index contributed by atoms with van der Waals surface area (Å²) in [5, 5.41) is 1.97. The monoisotopic (exact) mass is 237 g/mol. The molecule has 0 amide bonds. The van der Waals surface area contributed by atoms with Crippen molar-refractivity contribution in [2.75, 3.05) is 0 Å². The van der Waals surface area contributed by atoms with E-state index in [1.165, 1.54) is 0 Å². The lowest BCUT2D eigenvalue weighted by molar-refractivity contribution is -0.118. The first kappa shape index (κ1) is 11.3. The zero-order chi connectivity index (χ0) is 11.5. The summed E-state index contributed by atoms with van der Waals surface area (Å²) < 4.78 is 1.94. The number of nitrogens with zero attached hydrogens (tertiary/aromatic N) is 2. The minimum absolute atomic E-state index is 0.0174. The molecule has 0 aliphatic carbocycles.